The second-order valence-electron chi connectivity index (χ2n) is 3.22. The molecular formula is C8H11IO3. The van der Waals surface area contributed by atoms with E-state index in [1.54, 1.807) is 0 Å². The van der Waals surface area contributed by atoms with E-state index < -0.39 is 5.60 Å². The van der Waals surface area contributed by atoms with Crippen molar-refractivity contribution in [3.63, 3.8) is 0 Å². The van der Waals surface area contributed by atoms with Gasteiger partial charge in [0.05, 0.1) is 6.42 Å². The minimum Gasteiger partial charge on any atom is -0.458 e. The average Bonchev–Trinajstić information content (AvgIpc) is 2.29. The predicted molar refractivity (Wildman–Crippen MR) is 52.2 cm³/mol. The van der Waals surface area contributed by atoms with E-state index in [2.05, 4.69) is 22.6 Å². The Morgan fingerprint density at radius 1 is 1.83 bits per heavy atom. The molecule has 0 aliphatic carbocycles. The lowest BCUT2D eigenvalue weighted by Crippen LogP contribution is -2.33. The van der Waals surface area contributed by atoms with Crippen LogP contribution in [-0.4, -0.2) is 22.3 Å². The normalized spacial score (nSPS) is 34.8. The van der Waals surface area contributed by atoms with Crippen LogP contribution in [0.3, 0.4) is 0 Å². The van der Waals surface area contributed by atoms with Crippen molar-refractivity contribution >= 4 is 34.8 Å². The van der Waals surface area contributed by atoms with E-state index in [9.17, 15) is 9.59 Å². The zero-order chi connectivity index (χ0) is 9.19. The summed E-state index contributed by atoms with van der Waals surface area (Å²) in [6.07, 6.45) is 1.67. The highest BCUT2D eigenvalue weighted by Gasteiger charge is 2.44. The highest BCUT2D eigenvalue weighted by atomic mass is 127. The van der Waals surface area contributed by atoms with E-state index >= 15 is 0 Å². The molecule has 0 saturated carbocycles. The van der Waals surface area contributed by atoms with Crippen LogP contribution in [0.1, 0.15) is 19.8 Å². The van der Waals surface area contributed by atoms with Crippen LogP contribution in [0.15, 0.2) is 0 Å². The van der Waals surface area contributed by atoms with Crippen LogP contribution >= 0.6 is 22.6 Å². The summed E-state index contributed by atoms with van der Waals surface area (Å²) in [7, 11) is 0. The van der Waals surface area contributed by atoms with Crippen LogP contribution in [-0.2, 0) is 14.3 Å². The molecule has 1 aliphatic heterocycles. The lowest BCUT2D eigenvalue weighted by Gasteiger charge is -2.25. The number of ether oxygens (including phenoxy) is 1. The largest absolute Gasteiger partial charge is 0.458 e. The van der Waals surface area contributed by atoms with Crippen molar-refractivity contribution in [2.24, 2.45) is 5.92 Å². The summed E-state index contributed by atoms with van der Waals surface area (Å²) in [5, 5.41) is 0. The van der Waals surface area contributed by atoms with Gasteiger partial charge in [0, 0.05) is 16.8 Å². The van der Waals surface area contributed by atoms with Gasteiger partial charge in [-0.2, -0.15) is 0 Å². The third-order valence-corrected chi connectivity index (χ3v) is 3.78. The Bertz CT molecular complexity index is 204. The van der Waals surface area contributed by atoms with E-state index in [0.29, 0.717) is 12.8 Å². The fourth-order valence-corrected chi connectivity index (χ4v) is 2.17. The first-order valence-electron chi connectivity index (χ1n) is 3.84. The number of hydrogen-bond donors (Lipinski definition) is 0. The molecule has 12 heavy (non-hydrogen) atoms. The molecule has 0 amide bonds. The third-order valence-electron chi connectivity index (χ3n) is 2.27. The molecule has 1 saturated heterocycles. The minimum absolute atomic E-state index is 0.0689. The van der Waals surface area contributed by atoms with Crippen molar-refractivity contribution in [1.82, 2.24) is 0 Å². The number of esters is 1. The number of rotatable bonds is 3. The summed E-state index contributed by atoms with van der Waals surface area (Å²) in [4.78, 5) is 21.3. The summed E-state index contributed by atoms with van der Waals surface area (Å²) in [5.41, 5.74) is -0.418. The predicted octanol–water partition coefficient (Wildman–Crippen LogP) is 1.33. The average molecular weight is 282 g/mol. The number of carbonyl (C=O) groups excluding carboxylic acids is 2. The first-order valence-corrected chi connectivity index (χ1v) is 5.36. The summed E-state index contributed by atoms with van der Waals surface area (Å²) in [6, 6.07) is 0. The van der Waals surface area contributed by atoms with Crippen molar-refractivity contribution in [1.29, 1.82) is 0 Å². The Morgan fingerprint density at radius 3 is 3.00 bits per heavy atom. The molecule has 0 N–H and O–H groups in total. The smallest absolute Gasteiger partial charge is 0.306 e. The van der Waals surface area contributed by atoms with E-state index in [1.807, 2.05) is 6.92 Å². The number of aldehydes is 1. The number of hydrogen-bond acceptors (Lipinski definition) is 3. The van der Waals surface area contributed by atoms with Gasteiger partial charge in [-0.1, -0.05) is 22.6 Å². The van der Waals surface area contributed by atoms with Crippen LogP contribution in [0.5, 0.6) is 0 Å². The van der Waals surface area contributed by atoms with Gasteiger partial charge in [0.2, 0.25) is 0 Å². The molecule has 0 aromatic heterocycles. The zero-order valence-corrected chi connectivity index (χ0v) is 9.04. The molecule has 1 rings (SSSR count). The molecular weight excluding hydrogens is 271 g/mol. The van der Waals surface area contributed by atoms with Gasteiger partial charge < -0.3 is 9.53 Å². The molecule has 0 spiro atoms. The second kappa shape index (κ2) is 3.72. The fraction of sp³-hybridized carbons (Fsp3) is 0.750. The highest BCUT2D eigenvalue weighted by Crippen LogP contribution is 2.35. The summed E-state index contributed by atoms with van der Waals surface area (Å²) >= 11 is 2.18. The zero-order valence-electron chi connectivity index (χ0n) is 6.88. The minimum atomic E-state index is -0.418. The van der Waals surface area contributed by atoms with Gasteiger partial charge in [0.25, 0.3) is 0 Å². The molecule has 0 radical (unpaired) electrons. The quantitative estimate of drug-likeness (QED) is 0.339. The lowest BCUT2D eigenvalue weighted by molar-refractivity contribution is -0.146. The third kappa shape index (κ3) is 1.78. The number of carbonyl (C=O) groups is 2. The molecule has 1 aliphatic rings. The number of alkyl halides is 1. The summed E-state index contributed by atoms with van der Waals surface area (Å²) in [5.74, 6) is -0.111. The Kier molecular flexibility index (Phi) is 3.09. The Morgan fingerprint density at radius 2 is 2.50 bits per heavy atom. The number of cyclic esters (lactones) is 1. The Hall–Kier alpha value is -0.130. The molecule has 68 valence electrons. The molecule has 4 heteroatoms. The molecule has 0 aromatic rings. The van der Waals surface area contributed by atoms with Crippen molar-refractivity contribution in [3.05, 3.63) is 0 Å². The van der Waals surface area contributed by atoms with Gasteiger partial charge in [-0.15, -0.1) is 0 Å². The van der Waals surface area contributed by atoms with E-state index in [-0.39, 0.29) is 11.9 Å². The van der Waals surface area contributed by atoms with Gasteiger partial charge in [-0.05, 0) is 6.92 Å². The Balaban J connectivity index is 2.71. The number of halogens is 1. The maximum atomic E-state index is 11.0. The van der Waals surface area contributed by atoms with E-state index in [1.165, 1.54) is 0 Å². The second-order valence-corrected chi connectivity index (χ2v) is 3.99. The van der Waals surface area contributed by atoms with Crippen molar-refractivity contribution < 1.29 is 14.3 Å². The van der Waals surface area contributed by atoms with Crippen molar-refractivity contribution in [3.8, 4) is 0 Å². The van der Waals surface area contributed by atoms with Gasteiger partial charge in [0.1, 0.15) is 11.9 Å². The summed E-state index contributed by atoms with van der Waals surface area (Å²) in [6.45, 7) is 1.89. The molecule has 0 bridgehead atoms. The van der Waals surface area contributed by atoms with Crippen molar-refractivity contribution in [2.75, 3.05) is 4.43 Å². The van der Waals surface area contributed by atoms with Crippen molar-refractivity contribution in [2.45, 2.75) is 25.4 Å². The van der Waals surface area contributed by atoms with Gasteiger partial charge in [-0.3, -0.25) is 4.79 Å². The van der Waals surface area contributed by atoms with Gasteiger partial charge in [-0.25, -0.2) is 0 Å². The Labute approximate surface area is 85.0 Å². The first-order chi connectivity index (χ1) is 5.62. The first kappa shape index (κ1) is 9.95. The summed E-state index contributed by atoms with van der Waals surface area (Å²) < 4.78 is 5.90. The molecule has 3 nitrogen and oxygen atoms in total. The maximum absolute atomic E-state index is 11.0. The van der Waals surface area contributed by atoms with Crippen LogP contribution < -0.4 is 0 Å². The highest BCUT2D eigenvalue weighted by molar-refractivity contribution is 14.1. The van der Waals surface area contributed by atoms with Gasteiger partial charge in [0.15, 0.2) is 0 Å². The van der Waals surface area contributed by atoms with Crippen LogP contribution in [0.25, 0.3) is 0 Å². The molecule has 1 heterocycles. The molecule has 1 fully saturated rings. The molecule has 1 unspecified atom stereocenters. The van der Waals surface area contributed by atoms with Crippen LogP contribution in [0.2, 0.25) is 0 Å². The van der Waals surface area contributed by atoms with Gasteiger partial charge >= 0.3 is 5.97 Å². The molecule has 2 atom stereocenters. The maximum Gasteiger partial charge on any atom is 0.306 e. The topological polar surface area (TPSA) is 43.4 Å². The van der Waals surface area contributed by atoms with Crippen LogP contribution in [0.4, 0.5) is 0 Å². The lowest BCUT2D eigenvalue weighted by atomic mass is 9.88. The SMILES string of the molecule is CC1(CI)OC(=O)C[C@@H]1CC=O. The monoisotopic (exact) mass is 282 g/mol. The van der Waals surface area contributed by atoms with E-state index in [0.717, 1.165) is 10.7 Å². The van der Waals surface area contributed by atoms with Crippen LogP contribution in [0, 0.1) is 5.92 Å². The molecule has 0 aromatic carbocycles. The van der Waals surface area contributed by atoms with E-state index in [4.69, 9.17) is 4.74 Å². The fourth-order valence-electron chi connectivity index (χ4n) is 1.39. The standard InChI is InChI=1S/C8H11IO3/c1-8(5-9)6(2-3-10)4-7(11)12-8/h3,6H,2,4-5H2,1H3/t6-,8?/m0/s1.